The molecule has 1 amide bonds. The molecule has 0 aromatic heterocycles. The number of amides is 1. The average Bonchev–Trinajstić information content (AvgIpc) is 2.76. The topological polar surface area (TPSA) is 46.3 Å². The van der Waals surface area contributed by atoms with Gasteiger partial charge in [0, 0.05) is 24.9 Å². The number of carbonyl (C=O) groups is 1. The monoisotopic (exact) mass is 300 g/mol. The van der Waals surface area contributed by atoms with Crippen LogP contribution in [0.15, 0.2) is 24.3 Å². The van der Waals surface area contributed by atoms with Crippen molar-refractivity contribution in [1.82, 2.24) is 4.90 Å². The van der Waals surface area contributed by atoms with Gasteiger partial charge in [-0.1, -0.05) is 29.8 Å². The van der Waals surface area contributed by atoms with Gasteiger partial charge in [-0.15, -0.1) is 24.2 Å². The summed E-state index contributed by atoms with van der Waals surface area (Å²) in [7, 11) is 0. The lowest BCUT2D eigenvalue weighted by Crippen LogP contribution is -2.33. The maximum absolute atomic E-state index is 11.9. The van der Waals surface area contributed by atoms with E-state index in [2.05, 4.69) is 31.2 Å². The van der Waals surface area contributed by atoms with Crippen LogP contribution in [-0.4, -0.2) is 35.7 Å². The number of likely N-dealkylation sites (tertiary alicyclic amines) is 1. The summed E-state index contributed by atoms with van der Waals surface area (Å²) >= 11 is 1.68. The summed E-state index contributed by atoms with van der Waals surface area (Å²) in [6, 6.07) is 8.60. The molecule has 3 nitrogen and oxygen atoms in total. The molecule has 0 saturated carbocycles. The number of benzene rings is 1. The van der Waals surface area contributed by atoms with Crippen LogP contribution in [0.1, 0.15) is 17.5 Å². The summed E-state index contributed by atoms with van der Waals surface area (Å²) in [5.74, 6) is 1.68. The van der Waals surface area contributed by atoms with Crippen molar-refractivity contribution in [1.29, 1.82) is 0 Å². The van der Waals surface area contributed by atoms with Crippen LogP contribution in [0.2, 0.25) is 0 Å². The fraction of sp³-hybridized carbons (Fsp3) is 0.500. The van der Waals surface area contributed by atoms with Crippen LogP contribution in [0, 0.1) is 6.92 Å². The van der Waals surface area contributed by atoms with E-state index in [9.17, 15) is 4.79 Å². The standard InChI is InChI=1S/C14H20N2OS.ClH/c1-11-3-2-4-12(7-11)9-18-10-14(17)16-6-5-13(15)8-16;/h2-4,7,13H,5-6,8-10,15H2,1H3;1H/t13-;/m1./s1. The molecule has 1 aromatic rings. The summed E-state index contributed by atoms with van der Waals surface area (Å²) in [6.45, 7) is 3.64. The Hall–Kier alpha value is -0.710. The Labute approximate surface area is 125 Å². The molecule has 1 atom stereocenters. The van der Waals surface area contributed by atoms with Crippen molar-refractivity contribution < 1.29 is 4.79 Å². The zero-order valence-electron chi connectivity index (χ0n) is 11.2. The number of nitrogens with two attached hydrogens (primary N) is 1. The minimum Gasteiger partial charge on any atom is -0.340 e. The van der Waals surface area contributed by atoms with E-state index in [4.69, 9.17) is 5.73 Å². The van der Waals surface area contributed by atoms with Crippen LogP contribution in [0.3, 0.4) is 0 Å². The highest BCUT2D eigenvalue weighted by molar-refractivity contribution is 7.99. The van der Waals surface area contributed by atoms with Gasteiger partial charge in [-0.2, -0.15) is 0 Å². The molecule has 0 aliphatic carbocycles. The van der Waals surface area contributed by atoms with Gasteiger partial charge in [0.25, 0.3) is 0 Å². The molecule has 1 aliphatic rings. The van der Waals surface area contributed by atoms with Gasteiger partial charge in [0.15, 0.2) is 0 Å². The maximum Gasteiger partial charge on any atom is 0.232 e. The first kappa shape index (κ1) is 16.3. The highest BCUT2D eigenvalue weighted by Gasteiger charge is 2.22. The molecule has 1 fully saturated rings. The van der Waals surface area contributed by atoms with Crippen LogP contribution in [-0.2, 0) is 10.5 Å². The quantitative estimate of drug-likeness (QED) is 0.927. The third-order valence-corrected chi connectivity index (χ3v) is 4.14. The Balaban J connectivity index is 0.00000180. The highest BCUT2D eigenvalue weighted by atomic mass is 35.5. The smallest absolute Gasteiger partial charge is 0.232 e. The molecule has 0 unspecified atom stereocenters. The summed E-state index contributed by atoms with van der Waals surface area (Å²) in [4.78, 5) is 13.8. The molecule has 2 N–H and O–H groups in total. The summed E-state index contributed by atoms with van der Waals surface area (Å²) in [6.07, 6.45) is 0.939. The lowest BCUT2D eigenvalue weighted by Gasteiger charge is -2.15. The molecule has 5 heteroatoms. The Morgan fingerprint density at radius 1 is 1.53 bits per heavy atom. The normalized spacial score (nSPS) is 18.2. The molecule has 1 heterocycles. The van der Waals surface area contributed by atoms with Crippen LogP contribution < -0.4 is 5.73 Å². The van der Waals surface area contributed by atoms with Crippen LogP contribution in [0.25, 0.3) is 0 Å². The third kappa shape index (κ3) is 5.05. The molecule has 0 bridgehead atoms. The second kappa shape index (κ2) is 7.78. The number of hydrogen-bond acceptors (Lipinski definition) is 3. The zero-order valence-corrected chi connectivity index (χ0v) is 12.8. The minimum atomic E-state index is 0. The largest absolute Gasteiger partial charge is 0.340 e. The Bertz CT molecular complexity index is 428. The maximum atomic E-state index is 11.9. The van der Waals surface area contributed by atoms with Crippen molar-refractivity contribution in [3.05, 3.63) is 35.4 Å². The Morgan fingerprint density at radius 3 is 2.95 bits per heavy atom. The van der Waals surface area contributed by atoms with E-state index >= 15 is 0 Å². The molecule has 1 aromatic carbocycles. The second-order valence-electron chi connectivity index (χ2n) is 4.87. The van der Waals surface area contributed by atoms with Crippen molar-refractivity contribution >= 4 is 30.1 Å². The van der Waals surface area contributed by atoms with Gasteiger partial charge in [-0.25, -0.2) is 0 Å². The van der Waals surface area contributed by atoms with Crippen LogP contribution in [0.5, 0.6) is 0 Å². The predicted octanol–water partition coefficient (Wildman–Crippen LogP) is 2.21. The Kier molecular flexibility index (Phi) is 6.69. The number of nitrogens with zero attached hydrogens (tertiary/aromatic N) is 1. The van der Waals surface area contributed by atoms with E-state index in [1.54, 1.807) is 11.8 Å². The number of aryl methyl sites for hydroxylation is 1. The van der Waals surface area contributed by atoms with Crippen LogP contribution >= 0.6 is 24.2 Å². The van der Waals surface area contributed by atoms with Gasteiger partial charge < -0.3 is 10.6 Å². The van der Waals surface area contributed by atoms with Crippen molar-refractivity contribution in [2.45, 2.75) is 25.1 Å². The number of thioether (sulfide) groups is 1. The molecular formula is C14H21ClN2OS. The van der Waals surface area contributed by atoms with Gasteiger partial charge in [0.1, 0.15) is 0 Å². The van der Waals surface area contributed by atoms with E-state index in [-0.39, 0.29) is 24.4 Å². The number of halogens is 1. The lowest BCUT2D eigenvalue weighted by molar-refractivity contribution is -0.127. The Morgan fingerprint density at radius 2 is 2.32 bits per heavy atom. The van der Waals surface area contributed by atoms with Crippen molar-refractivity contribution in [2.24, 2.45) is 5.73 Å². The van der Waals surface area contributed by atoms with E-state index in [1.165, 1.54) is 11.1 Å². The first-order valence-corrected chi connectivity index (χ1v) is 7.47. The van der Waals surface area contributed by atoms with Gasteiger partial charge in [0.2, 0.25) is 5.91 Å². The van der Waals surface area contributed by atoms with Gasteiger partial charge in [-0.3, -0.25) is 4.79 Å². The first-order chi connectivity index (χ1) is 8.65. The lowest BCUT2D eigenvalue weighted by atomic mass is 10.2. The van der Waals surface area contributed by atoms with Gasteiger partial charge >= 0.3 is 0 Å². The van der Waals surface area contributed by atoms with Gasteiger partial charge in [0.05, 0.1) is 5.75 Å². The van der Waals surface area contributed by atoms with Crippen molar-refractivity contribution in [3.63, 3.8) is 0 Å². The fourth-order valence-corrected chi connectivity index (χ4v) is 3.04. The molecule has 106 valence electrons. The molecule has 2 rings (SSSR count). The van der Waals surface area contributed by atoms with E-state index in [0.29, 0.717) is 5.75 Å². The molecule has 19 heavy (non-hydrogen) atoms. The van der Waals surface area contributed by atoms with Crippen molar-refractivity contribution in [2.75, 3.05) is 18.8 Å². The molecule has 0 radical (unpaired) electrons. The van der Waals surface area contributed by atoms with Crippen LogP contribution in [0.4, 0.5) is 0 Å². The second-order valence-corrected chi connectivity index (χ2v) is 5.86. The fourth-order valence-electron chi connectivity index (χ4n) is 2.16. The summed E-state index contributed by atoms with van der Waals surface area (Å²) in [5, 5.41) is 0. The highest BCUT2D eigenvalue weighted by Crippen LogP contribution is 2.15. The number of rotatable bonds is 4. The minimum absolute atomic E-state index is 0. The SMILES string of the molecule is Cc1cccc(CSCC(=O)N2CC[C@@H](N)C2)c1.Cl. The van der Waals surface area contributed by atoms with Gasteiger partial charge in [-0.05, 0) is 18.9 Å². The predicted molar refractivity (Wildman–Crippen MR) is 83.8 cm³/mol. The summed E-state index contributed by atoms with van der Waals surface area (Å²) in [5.41, 5.74) is 8.35. The third-order valence-electron chi connectivity index (χ3n) is 3.15. The molecule has 1 aliphatic heterocycles. The van der Waals surface area contributed by atoms with Crippen molar-refractivity contribution in [3.8, 4) is 0 Å². The average molecular weight is 301 g/mol. The van der Waals surface area contributed by atoms with E-state index in [0.717, 1.165) is 25.3 Å². The number of carbonyl (C=O) groups excluding carboxylic acids is 1. The molecule has 1 saturated heterocycles. The van der Waals surface area contributed by atoms with E-state index < -0.39 is 0 Å². The summed E-state index contributed by atoms with van der Waals surface area (Å²) < 4.78 is 0. The zero-order chi connectivity index (χ0) is 13.0. The van der Waals surface area contributed by atoms with E-state index in [1.807, 2.05) is 4.90 Å². The first-order valence-electron chi connectivity index (χ1n) is 6.32. The molecular weight excluding hydrogens is 280 g/mol. The molecule has 0 spiro atoms. The number of hydrogen-bond donors (Lipinski definition) is 1.